The smallest absolute Gasteiger partial charge is 0.203 e. The number of ether oxygens (including phenoxy) is 3. The Kier molecular flexibility index (Phi) is 8.01. The number of hydrogen-bond donors (Lipinski definition) is 2. The zero-order valence-electron chi connectivity index (χ0n) is 18.2. The van der Waals surface area contributed by atoms with Crippen LogP contribution in [0.15, 0.2) is 22.5 Å². The summed E-state index contributed by atoms with van der Waals surface area (Å²) in [6.45, 7) is 5.67. The van der Waals surface area contributed by atoms with E-state index in [0.29, 0.717) is 29.8 Å². The number of nitrogens with zero attached hydrogens (tertiary/aromatic N) is 3. The van der Waals surface area contributed by atoms with Crippen LogP contribution in [0.25, 0.3) is 0 Å². The van der Waals surface area contributed by atoms with Gasteiger partial charge in [-0.25, -0.2) is 4.98 Å². The highest BCUT2D eigenvalue weighted by atomic mass is 32.1. The molecule has 3 rings (SSSR count). The van der Waals surface area contributed by atoms with Crippen molar-refractivity contribution in [1.29, 1.82) is 0 Å². The first-order valence-corrected chi connectivity index (χ1v) is 11.1. The highest BCUT2D eigenvalue weighted by Gasteiger charge is 2.16. The maximum atomic E-state index is 5.43. The quantitative estimate of drug-likeness (QED) is 0.463. The fraction of sp³-hybridized carbons (Fsp3) is 0.524. The summed E-state index contributed by atoms with van der Waals surface area (Å²) in [6, 6.07) is 3.72. The maximum Gasteiger partial charge on any atom is 0.203 e. The molecule has 1 aliphatic rings. The lowest BCUT2D eigenvalue weighted by atomic mass is 10.2. The zero-order chi connectivity index (χ0) is 21.3. The number of aromatic nitrogens is 1. The minimum Gasteiger partial charge on any atom is -0.493 e. The summed E-state index contributed by atoms with van der Waals surface area (Å²) in [5, 5.41) is 9.86. The highest BCUT2D eigenvalue weighted by Crippen LogP contribution is 2.39. The van der Waals surface area contributed by atoms with Gasteiger partial charge in [-0.05, 0) is 19.8 Å². The van der Waals surface area contributed by atoms with E-state index < -0.39 is 0 Å². The van der Waals surface area contributed by atoms with Crippen molar-refractivity contribution in [2.45, 2.75) is 26.2 Å². The van der Waals surface area contributed by atoms with Crippen molar-refractivity contribution in [3.8, 4) is 17.2 Å². The Morgan fingerprint density at radius 2 is 1.83 bits per heavy atom. The van der Waals surface area contributed by atoms with E-state index in [1.54, 1.807) is 32.7 Å². The molecule has 164 valence electrons. The Morgan fingerprint density at radius 1 is 1.13 bits per heavy atom. The SMILES string of the molecule is CCNC(=NCCc1csc(N2CCCC2)n1)Nc1cc(OC)c(OC)c(OC)c1. The Bertz CT molecular complexity index is 824. The van der Waals surface area contributed by atoms with E-state index in [9.17, 15) is 0 Å². The van der Waals surface area contributed by atoms with Gasteiger partial charge in [0.15, 0.2) is 22.6 Å². The standard InChI is InChI=1S/C21H31N5O3S/c1-5-22-20(24-16-12-17(27-2)19(29-4)18(13-16)28-3)23-9-8-15-14-30-21(25-15)26-10-6-7-11-26/h12-14H,5-11H2,1-4H3,(H2,22,23,24). The maximum absolute atomic E-state index is 5.43. The fourth-order valence-corrected chi connectivity index (χ4v) is 4.26. The van der Waals surface area contributed by atoms with Gasteiger partial charge in [-0.1, -0.05) is 0 Å². The third-order valence-corrected chi connectivity index (χ3v) is 5.78. The van der Waals surface area contributed by atoms with Crippen molar-refractivity contribution in [3.05, 3.63) is 23.2 Å². The van der Waals surface area contributed by atoms with Crippen LogP contribution in [0, 0.1) is 0 Å². The summed E-state index contributed by atoms with van der Waals surface area (Å²) in [4.78, 5) is 11.8. The molecule has 30 heavy (non-hydrogen) atoms. The van der Waals surface area contributed by atoms with Crippen LogP contribution in [-0.4, -0.2) is 58.5 Å². The van der Waals surface area contributed by atoms with Gasteiger partial charge in [0.05, 0.1) is 27.0 Å². The molecule has 2 N–H and O–H groups in total. The second-order valence-electron chi connectivity index (χ2n) is 6.87. The van der Waals surface area contributed by atoms with E-state index in [2.05, 4.69) is 20.9 Å². The number of rotatable bonds is 9. The van der Waals surface area contributed by atoms with Gasteiger partial charge in [-0.15, -0.1) is 11.3 Å². The fourth-order valence-electron chi connectivity index (χ4n) is 3.34. The molecule has 2 heterocycles. The van der Waals surface area contributed by atoms with E-state index >= 15 is 0 Å². The first-order valence-electron chi connectivity index (χ1n) is 10.2. The number of thiazole rings is 1. The number of benzene rings is 1. The molecule has 0 spiro atoms. The first kappa shape index (κ1) is 22.0. The first-order chi connectivity index (χ1) is 14.7. The van der Waals surface area contributed by atoms with Crippen LogP contribution >= 0.6 is 11.3 Å². The molecule has 0 aliphatic carbocycles. The summed E-state index contributed by atoms with van der Waals surface area (Å²) in [7, 11) is 4.79. The van der Waals surface area contributed by atoms with Crippen LogP contribution in [0.3, 0.4) is 0 Å². The Balaban J connectivity index is 1.66. The molecule has 1 aromatic carbocycles. The van der Waals surface area contributed by atoms with Gasteiger partial charge >= 0.3 is 0 Å². The molecule has 8 nitrogen and oxygen atoms in total. The molecule has 1 fully saturated rings. The van der Waals surface area contributed by atoms with E-state index in [-0.39, 0.29) is 0 Å². The lowest BCUT2D eigenvalue weighted by Gasteiger charge is -2.16. The van der Waals surface area contributed by atoms with Gasteiger partial charge in [0.2, 0.25) is 5.75 Å². The Morgan fingerprint density at radius 3 is 2.43 bits per heavy atom. The number of methoxy groups -OCH3 is 3. The molecular formula is C21H31N5O3S. The predicted molar refractivity (Wildman–Crippen MR) is 123 cm³/mol. The van der Waals surface area contributed by atoms with E-state index in [1.165, 1.54) is 12.8 Å². The van der Waals surface area contributed by atoms with Crippen molar-refractivity contribution in [2.75, 3.05) is 57.7 Å². The van der Waals surface area contributed by atoms with Gasteiger partial charge in [0, 0.05) is 55.8 Å². The van der Waals surface area contributed by atoms with Gasteiger partial charge in [-0.3, -0.25) is 4.99 Å². The zero-order valence-corrected chi connectivity index (χ0v) is 19.0. The van der Waals surface area contributed by atoms with E-state index in [0.717, 1.165) is 42.6 Å². The second-order valence-corrected chi connectivity index (χ2v) is 7.70. The Hall–Kier alpha value is -2.68. The monoisotopic (exact) mass is 433 g/mol. The lowest BCUT2D eigenvalue weighted by Crippen LogP contribution is -2.31. The number of guanidine groups is 1. The summed E-state index contributed by atoms with van der Waals surface area (Å²) >= 11 is 1.73. The third kappa shape index (κ3) is 5.47. The molecule has 0 radical (unpaired) electrons. The van der Waals surface area contributed by atoms with Crippen molar-refractivity contribution in [3.63, 3.8) is 0 Å². The molecule has 9 heteroatoms. The van der Waals surface area contributed by atoms with Crippen molar-refractivity contribution < 1.29 is 14.2 Å². The molecule has 1 aliphatic heterocycles. The third-order valence-electron chi connectivity index (χ3n) is 4.83. The molecule has 0 saturated carbocycles. The molecule has 1 saturated heterocycles. The lowest BCUT2D eigenvalue weighted by molar-refractivity contribution is 0.324. The van der Waals surface area contributed by atoms with Crippen LogP contribution in [0.1, 0.15) is 25.5 Å². The van der Waals surface area contributed by atoms with Crippen LogP contribution in [0.2, 0.25) is 0 Å². The molecule has 2 aromatic rings. The molecule has 1 aromatic heterocycles. The molecule has 0 atom stereocenters. The minimum absolute atomic E-state index is 0.560. The van der Waals surface area contributed by atoms with Crippen LogP contribution in [0.4, 0.5) is 10.8 Å². The number of aliphatic imine (C=N–C) groups is 1. The molecule has 0 bridgehead atoms. The van der Waals surface area contributed by atoms with Crippen LogP contribution in [-0.2, 0) is 6.42 Å². The summed E-state index contributed by atoms with van der Waals surface area (Å²) in [5.74, 6) is 2.44. The normalized spacial score (nSPS) is 14.0. The summed E-state index contributed by atoms with van der Waals surface area (Å²) in [6.07, 6.45) is 3.33. The molecule has 0 unspecified atom stereocenters. The van der Waals surface area contributed by atoms with Gasteiger partial charge in [0.1, 0.15) is 0 Å². The van der Waals surface area contributed by atoms with Gasteiger partial charge < -0.3 is 29.7 Å². The van der Waals surface area contributed by atoms with Gasteiger partial charge in [-0.2, -0.15) is 0 Å². The van der Waals surface area contributed by atoms with Crippen molar-refractivity contribution in [1.82, 2.24) is 10.3 Å². The van der Waals surface area contributed by atoms with Crippen LogP contribution in [0.5, 0.6) is 17.2 Å². The summed E-state index contributed by atoms with van der Waals surface area (Å²) < 4.78 is 16.2. The van der Waals surface area contributed by atoms with E-state index in [1.807, 2.05) is 19.1 Å². The average Bonchev–Trinajstić information content (AvgIpc) is 3.45. The van der Waals surface area contributed by atoms with Crippen LogP contribution < -0.4 is 29.7 Å². The number of anilines is 2. The average molecular weight is 434 g/mol. The number of hydrogen-bond acceptors (Lipinski definition) is 7. The topological polar surface area (TPSA) is 80.2 Å². The Labute approximate surface area is 182 Å². The largest absolute Gasteiger partial charge is 0.493 e. The number of nitrogens with one attached hydrogen (secondary N) is 2. The minimum atomic E-state index is 0.560. The summed E-state index contributed by atoms with van der Waals surface area (Å²) in [5.41, 5.74) is 1.89. The predicted octanol–water partition coefficient (Wildman–Crippen LogP) is 3.39. The van der Waals surface area contributed by atoms with Gasteiger partial charge in [0.25, 0.3) is 0 Å². The van der Waals surface area contributed by atoms with Crippen molar-refractivity contribution in [2.24, 2.45) is 4.99 Å². The van der Waals surface area contributed by atoms with E-state index in [4.69, 9.17) is 24.2 Å². The molecular weight excluding hydrogens is 402 g/mol. The highest BCUT2D eigenvalue weighted by molar-refractivity contribution is 7.13. The van der Waals surface area contributed by atoms with Crippen molar-refractivity contribution >= 4 is 28.1 Å². The molecule has 0 amide bonds. The second kappa shape index (κ2) is 10.9.